The predicted octanol–water partition coefficient (Wildman–Crippen LogP) is 4.35. The molecule has 0 spiro atoms. The van der Waals surface area contributed by atoms with Gasteiger partial charge in [0.05, 0.1) is 16.1 Å². The third kappa shape index (κ3) is 5.05. The summed E-state index contributed by atoms with van der Waals surface area (Å²) in [5.41, 5.74) is -0.307. The Morgan fingerprint density at radius 3 is 2.57 bits per heavy atom. The van der Waals surface area contributed by atoms with E-state index >= 15 is 0 Å². The van der Waals surface area contributed by atoms with Crippen LogP contribution in [0.5, 0.6) is 0 Å². The average molecular weight is 457 g/mol. The molecule has 2 aromatic heterocycles. The molecule has 6 nitrogen and oxygen atoms in total. The van der Waals surface area contributed by atoms with Crippen LogP contribution in [0.4, 0.5) is 8.78 Å². The number of likely N-dealkylation sites (tertiary alicyclic amines) is 1. The van der Waals surface area contributed by atoms with Crippen molar-refractivity contribution in [1.29, 1.82) is 0 Å². The van der Waals surface area contributed by atoms with Crippen molar-refractivity contribution in [1.82, 2.24) is 19.8 Å². The lowest BCUT2D eigenvalue weighted by Gasteiger charge is -2.34. The lowest BCUT2D eigenvalue weighted by Crippen LogP contribution is -2.42. The Kier molecular flexibility index (Phi) is 7.20. The minimum absolute atomic E-state index is 0.0903. The Balaban J connectivity index is 1.58. The van der Waals surface area contributed by atoms with Gasteiger partial charge in [0.2, 0.25) is 0 Å². The van der Waals surface area contributed by atoms with E-state index in [9.17, 15) is 18.4 Å². The van der Waals surface area contributed by atoms with Crippen molar-refractivity contribution in [2.75, 3.05) is 26.7 Å². The summed E-state index contributed by atoms with van der Waals surface area (Å²) in [7, 11) is 1.58. The van der Waals surface area contributed by atoms with Gasteiger partial charge in [-0.1, -0.05) is 23.2 Å². The first-order valence-corrected chi connectivity index (χ1v) is 10.1. The number of hydrogen-bond donors (Lipinski definition) is 0. The van der Waals surface area contributed by atoms with Crippen LogP contribution in [0.3, 0.4) is 0 Å². The van der Waals surface area contributed by atoms with Crippen molar-refractivity contribution in [2.45, 2.75) is 19.3 Å². The summed E-state index contributed by atoms with van der Waals surface area (Å²) in [6, 6.07) is 4.25. The second-order valence-corrected chi connectivity index (χ2v) is 7.94. The number of amides is 2. The molecular weight excluding hydrogens is 437 g/mol. The molecule has 0 saturated carbocycles. The number of aromatic nitrogens is 2. The van der Waals surface area contributed by atoms with Crippen LogP contribution >= 0.6 is 23.2 Å². The molecule has 1 saturated heterocycles. The number of halogens is 4. The number of piperidine rings is 1. The topological polar surface area (TPSA) is 66.4 Å². The highest BCUT2D eigenvalue weighted by atomic mass is 35.5. The van der Waals surface area contributed by atoms with Gasteiger partial charge in [-0.05, 0) is 37.0 Å². The molecule has 0 radical (unpaired) electrons. The van der Waals surface area contributed by atoms with Crippen LogP contribution in [0.1, 0.15) is 45.7 Å². The van der Waals surface area contributed by atoms with Crippen LogP contribution in [-0.4, -0.2) is 58.3 Å². The van der Waals surface area contributed by atoms with Crippen LogP contribution in [0.15, 0.2) is 30.6 Å². The van der Waals surface area contributed by atoms with Crippen LogP contribution in [0.25, 0.3) is 0 Å². The van der Waals surface area contributed by atoms with Gasteiger partial charge in [0.25, 0.3) is 18.2 Å². The highest BCUT2D eigenvalue weighted by molar-refractivity contribution is 6.36. The van der Waals surface area contributed by atoms with Gasteiger partial charge in [-0.2, -0.15) is 0 Å². The minimum Gasteiger partial charge on any atom is -0.341 e. The van der Waals surface area contributed by atoms with Crippen molar-refractivity contribution < 1.29 is 18.4 Å². The molecule has 0 N–H and O–H groups in total. The lowest BCUT2D eigenvalue weighted by atomic mass is 9.95. The van der Waals surface area contributed by atoms with Crippen molar-refractivity contribution in [2.24, 2.45) is 5.92 Å². The highest BCUT2D eigenvalue weighted by Gasteiger charge is 2.28. The largest absolute Gasteiger partial charge is 0.341 e. The molecule has 0 unspecified atom stereocenters. The monoisotopic (exact) mass is 456 g/mol. The van der Waals surface area contributed by atoms with Gasteiger partial charge in [-0.3, -0.25) is 14.6 Å². The summed E-state index contributed by atoms with van der Waals surface area (Å²) < 4.78 is 26.3. The normalized spacial score (nSPS) is 14.8. The summed E-state index contributed by atoms with van der Waals surface area (Å²) in [4.78, 5) is 36.0. The smallest absolute Gasteiger partial charge is 0.281 e. The van der Waals surface area contributed by atoms with Gasteiger partial charge in [0, 0.05) is 39.1 Å². The quantitative estimate of drug-likeness (QED) is 0.627. The van der Waals surface area contributed by atoms with E-state index in [-0.39, 0.29) is 27.6 Å². The second kappa shape index (κ2) is 9.66. The van der Waals surface area contributed by atoms with E-state index in [0.717, 1.165) is 0 Å². The zero-order valence-electron chi connectivity index (χ0n) is 16.2. The number of carbonyl (C=O) groups is 2. The molecule has 0 aromatic carbocycles. The molecule has 1 aliphatic heterocycles. The van der Waals surface area contributed by atoms with Gasteiger partial charge in [-0.15, -0.1) is 0 Å². The van der Waals surface area contributed by atoms with Gasteiger partial charge in [0.15, 0.2) is 0 Å². The maximum absolute atomic E-state index is 13.1. The fourth-order valence-corrected chi connectivity index (χ4v) is 3.95. The minimum atomic E-state index is -2.82. The van der Waals surface area contributed by atoms with Gasteiger partial charge in [-0.25, -0.2) is 13.8 Å². The van der Waals surface area contributed by atoms with Crippen LogP contribution in [0, 0.1) is 5.92 Å². The highest BCUT2D eigenvalue weighted by Crippen LogP contribution is 2.25. The van der Waals surface area contributed by atoms with Crippen molar-refractivity contribution in [3.8, 4) is 0 Å². The van der Waals surface area contributed by atoms with E-state index < -0.39 is 18.0 Å². The van der Waals surface area contributed by atoms with E-state index in [2.05, 4.69) is 9.97 Å². The number of pyridine rings is 2. The van der Waals surface area contributed by atoms with E-state index in [0.29, 0.717) is 38.0 Å². The third-order valence-electron chi connectivity index (χ3n) is 5.11. The molecule has 0 aliphatic carbocycles. The molecule has 2 aromatic rings. The molecule has 160 valence electrons. The van der Waals surface area contributed by atoms with E-state index in [1.54, 1.807) is 11.9 Å². The van der Waals surface area contributed by atoms with Crippen LogP contribution in [-0.2, 0) is 0 Å². The molecule has 2 amide bonds. The van der Waals surface area contributed by atoms with E-state index in [1.165, 1.54) is 35.5 Å². The second-order valence-electron chi connectivity index (χ2n) is 7.15. The summed E-state index contributed by atoms with van der Waals surface area (Å²) in [5.74, 6) is -0.562. The number of carbonyl (C=O) groups excluding carboxylic acids is 2. The molecule has 30 heavy (non-hydrogen) atoms. The van der Waals surface area contributed by atoms with Crippen LogP contribution in [0.2, 0.25) is 10.2 Å². The maximum Gasteiger partial charge on any atom is 0.281 e. The van der Waals surface area contributed by atoms with Crippen molar-refractivity contribution in [3.05, 3.63) is 57.6 Å². The molecule has 1 fully saturated rings. The molecule has 3 rings (SSSR count). The SMILES string of the molecule is CN(CC1CCN(C(=O)c2cnc(Cl)cc2Cl)CC1)C(=O)c1cccnc1C(F)F. The first-order chi connectivity index (χ1) is 14.3. The molecule has 0 bridgehead atoms. The Hall–Kier alpha value is -2.32. The third-order valence-corrected chi connectivity index (χ3v) is 5.63. The van der Waals surface area contributed by atoms with Gasteiger partial charge >= 0.3 is 0 Å². The summed E-state index contributed by atoms with van der Waals surface area (Å²) in [6.45, 7) is 1.40. The number of nitrogens with zero attached hydrogens (tertiary/aromatic N) is 4. The van der Waals surface area contributed by atoms with Crippen molar-refractivity contribution in [3.63, 3.8) is 0 Å². The zero-order valence-corrected chi connectivity index (χ0v) is 17.7. The first kappa shape index (κ1) is 22.4. The fourth-order valence-electron chi connectivity index (χ4n) is 3.50. The van der Waals surface area contributed by atoms with Gasteiger partial charge in [0.1, 0.15) is 10.8 Å². The lowest BCUT2D eigenvalue weighted by molar-refractivity contribution is 0.0630. The first-order valence-electron chi connectivity index (χ1n) is 9.36. The molecule has 0 atom stereocenters. The van der Waals surface area contributed by atoms with Gasteiger partial charge < -0.3 is 9.80 Å². The Bertz CT molecular complexity index is 937. The molecule has 1 aliphatic rings. The summed E-state index contributed by atoms with van der Waals surface area (Å²) in [5, 5.41) is 0.463. The Labute approximate surface area is 182 Å². The molecule has 10 heteroatoms. The molecular formula is C20H20Cl2F2N4O2. The number of rotatable bonds is 5. The predicted molar refractivity (Wildman–Crippen MR) is 109 cm³/mol. The maximum atomic E-state index is 13.1. The zero-order chi connectivity index (χ0) is 21.8. The standard InChI is InChI=1S/C20H20Cl2F2N4O2/c1-27(19(29)13-3-2-6-25-17(13)18(23)24)11-12-4-7-28(8-5-12)20(30)14-10-26-16(22)9-15(14)21/h2-3,6,9-10,12,18H,4-5,7-8,11H2,1H3. The summed E-state index contributed by atoms with van der Waals surface area (Å²) >= 11 is 11.9. The van der Waals surface area contributed by atoms with E-state index in [1.807, 2.05) is 0 Å². The summed E-state index contributed by atoms with van der Waals surface area (Å²) in [6.07, 6.45) is 1.14. The van der Waals surface area contributed by atoms with Crippen LogP contribution < -0.4 is 0 Å². The van der Waals surface area contributed by atoms with Crippen molar-refractivity contribution >= 4 is 35.0 Å². The average Bonchev–Trinajstić information content (AvgIpc) is 2.73. The number of hydrogen-bond acceptors (Lipinski definition) is 4. The number of alkyl halides is 2. The fraction of sp³-hybridized carbons (Fsp3) is 0.400. The Morgan fingerprint density at radius 1 is 1.23 bits per heavy atom. The van der Waals surface area contributed by atoms with E-state index in [4.69, 9.17) is 23.2 Å². The molecule has 3 heterocycles. The Morgan fingerprint density at radius 2 is 1.93 bits per heavy atom.